The molecule has 82 valence electrons. The molecule has 0 amide bonds. The van der Waals surface area contributed by atoms with Crippen molar-refractivity contribution in [3.05, 3.63) is 28.5 Å². The lowest BCUT2D eigenvalue weighted by atomic mass is 10.2. The average molecular weight is 228 g/mol. The van der Waals surface area contributed by atoms with Gasteiger partial charge in [0.05, 0.1) is 16.3 Å². The fourth-order valence-electron chi connectivity index (χ4n) is 1.04. The summed E-state index contributed by atoms with van der Waals surface area (Å²) in [6.07, 6.45) is 1.54. The number of ether oxygens (including phenoxy) is 1. The maximum Gasteiger partial charge on any atom is 0.340 e. The minimum absolute atomic E-state index is 0.353. The summed E-state index contributed by atoms with van der Waals surface area (Å²) in [5.74, 6) is -0.419. The maximum absolute atomic E-state index is 11.7. The lowest BCUT2D eigenvalue weighted by molar-refractivity contribution is 0.00695. The standard InChI is InChI=1S/C11H14ClNO2/c1-7-9(12)8(5-6-13-7)10(14)15-11(2,3)4/h5-6H,1-4H3. The highest BCUT2D eigenvalue weighted by Crippen LogP contribution is 2.21. The van der Waals surface area contributed by atoms with Gasteiger partial charge in [0.2, 0.25) is 0 Å². The summed E-state index contributed by atoms with van der Waals surface area (Å²) in [5, 5.41) is 0.353. The van der Waals surface area contributed by atoms with E-state index in [0.29, 0.717) is 16.3 Å². The Labute approximate surface area is 94.4 Å². The largest absolute Gasteiger partial charge is 0.456 e. The third kappa shape index (κ3) is 3.20. The number of nitrogens with zero attached hydrogens (tertiary/aromatic N) is 1. The first-order valence-electron chi connectivity index (χ1n) is 4.66. The predicted molar refractivity (Wildman–Crippen MR) is 59.2 cm³/mol. The molecule has 0 atom stereocenters. The topological polar surface area (TPSA) is 39.2 Å². The Hall–Kier alpha value is -1.09. The molecule has 0 bridgehead atoms. The fraction of sp³-hybridized carbons (Fsp3) is 0.455. The van der Waals surface area contributed by atoms with Crippen LogP contribution < -0.4 is 0 Å². The number of aryl methyl sites for hydroxylation is 1. The van der Waals surface area contributed by atoms with E-state index >= 15 is 0 Å². The van der Waals surface area contributed by atoms with Crippen LogP contribution in [-0.4, -0.2) is 16.6 Å². The number of halogens is 1. The summed E-state index contributed by atoms with van der Waals surface area (Å²) in [5.41, 5.74) is 0.469. The van der Waals surface area contributed by atoms with Crippen molar-refractivity contribution in [2.24, 2.45) is 0 Å². The average Bonchev–Trinajstić information content (AvgIpc) is 2.06. The van der Waals surface area contributed by atoms with Gasteiger partial charge in [-0.15, -0.1) is 0 Å². The van der Waals surface area contributed by atoms with Gasteiger partial charge >= 0.3 is 5.97 Å². The van der Waals surface area contributed by atoms with E-state index in [9.17, 15) is 4.79 Å². The number of carbonyl (C=O) groups is 1. The molecule has 3 nitrogen and oxygen atoms in total. The van der Waals surface area contributed by atoms with E-state index in [1.165, 1.54) is 0 Å². The van der Waals surface area contributed by atoms with Gasteiger partial charge in [0.15, 0.2) is 0 Å². The molecule has 15 heavy (non-hydrogen) atoms. The van der Waals surface area contributed by atoms with E-state index in [1.807, 2.05) is 20.8 Å². The van der Waals surface area contributed by atoms with Crippen molar-refractivity contribution in [1.29, 1.82) is 0 Å². The van der Waals surface area contributed by atoms with Gasteiger partial charge in [0.1, 0.15) is 5.60 Å². The van der Waals surface area contributed by atoms with Gasteiger partial charge in [-0.2, -0.15) is 0 Å². The third-order valence-corrected chi connectivity index (χ3v) is 2.16. The Morgan fingerprint density at radius 2 is 2.07 bits per heavy atom. The molecule has 0 aliphatic heterocycles. The molecular formula is C11H14ClNO2. The van der Waals surface area contributed by atoms with E-state index in [4.69, 9.17) is 16.3 Å². The van der Waals surface area contributed by atoms with Gasteiger partial charge in [0.25, 0.3) is 0 Å². The molecule has 0 aliphatic carbocycles. The van der Waals surface area contributed by atoms with E-state index < -0.39 is 11.6 Å². The summed E-state index contributed by atoms with van der Waals surface area (Å²) in [6.45, 7) is 7.18. The molecule has 0 saturated heterocycles. The van der Waals surface area contributed by atoms with Gasteiger partial charge in [-0.3, -0.25) is 4.98 Å². The summed E-state index contributed by atoms with van der Waals surface area (Å²) >= 11 is 5.95. The van der Waals surface area contributed by atoms with Crippen LogP contribution in [0.25, 0.3) is 0 Å². The minimum Gasteiger partial charge on any atom is -0.456 e. The van der Waals surface area contributed by atoms with Crippen LogP contribution in [-0.2, 0) is 4.74 Å². The zero-order valence-electron chi connectivity index (χ0n) is 9.30. The Balaban J connectivity index is 2.97. The minimum atomic E-state index is -0.516. The van der Waals surface area contributed by atoms with Crippen LogP contribution in [0.5, 0.6) is 0 Å². The molecular weight excluding hydrogens is 214 g/mol. The molecule has 1 aromatic heterocycles. The summed E-state index contributed by atoms with van der Waals surface area (Å²) in [6, 6.07) is 1.56. The quantitative estimate of drug-likeness (QED) is 0.693. The van der Waals surface area contributed by atoms with Crippen molar-refractivity contribution in [2.75, 3.05) is 0 Å². The molecule has 4 heteroatoms. The van der Waals surface area contributed by atoms with Gasteiger partial charge in [-0.05, 0) is 33.8 Å². The number of pyridine rings is 1. The lowest BCUT2D eigenvalue weighted by Crippen LogP contribution is -2.24. The highest BCUT2D eigenvalue weighted by atomic mass is 35.5. The highest BCUT2D eigenvalue weighted by molar-refractivity contribution is 6.34. The molecule has 0 saturated carbocycles. The van der Waals surface area contributed by atoms with Crippen molar-refractivity contribution >= 4 is 17.6 Å². The van der Waals surface area contributed by atoms with Gasteiger partial charge in [0, 0.05) is 6.20 Å². The first-order chi connectivity index (χ1) is 6.81. The summed E-state index contributed by atoms with van der Waals surface area (Å²) in [4.78, 5) is 15.7. The first kappa shape index (κ1) is 12.0. The second-order valence-electron chi connectivity index (χ2n) is 4.26. The van der Waals surface area contributed by atoms with Crippen LogP contribution in [0.1, 0.15) is 36.8 Å². The lowest BCUT2D eigenvalue weighted by Gasteiger charge is -2.19. The zero-order valence-corrected chi connectivity index (χ0v) is 10.1. The fourth-order valence-corrected chi connectivity index (χ4v) is 1.23. The Kier molecular flexibility index (Phi) is 3.35. The molecule has 0 N–H and O–H groups in total. The van der Waals surface area contributed by atoms with Crippen LogP contribution in [0.2, 0.25) is 5.02 Å². The second kappa shape index (κ2) is 4.19. The Morgan fingerprint density at radius 3 is 2.60 bits per heavy atom. The maximum atomic E-state index is 11.7. The highest BCUT2D eigenvalue weighted by Gasteiger charge is 2.20. The third-order valence-electron chi connectivity index (χ3n) is 1.68. The van der Waals surface area contributed by atoms with Gasteiger partial charge < -0.3 is 4.74 Å². The van der Waals surface area contributed by atoms with Crippen molar-refractivity contribution in [2.45, 2.75) is 33.3 Å². The molecule has 0 radical (unpaired) electrons. The van der Waals surface area contributed by atoms with Crippen molar-refractivity contribution < 1.29 is 9.53 Å². The molecule has 0 aliphatic rings. The Bertz CT molecular complexity index is 383. The number of aromatic nitrogens is 1. The van der Waals surface area contributed by atoms with Crippen LogP contribution >= 0.6 is 11.6 Å². The molecule has 0 spiro atoms. The zero-order chi connectivity index (χ0) is 11.6. The molecule has 0 unspecified atom stereocenters. The summed E-state index contributed by atoms with van der Waals surface area (Å²) in [7, 11) is 0. The molecule has 1 aromatic rings. The van der Waals surface area contributed by atoms with E-state index in [0.717, 1.165) is 0 Å². The number of esters is 1. The monoisotopic (exact) mass is 227 g/mol. The van der Waals surface area contributed by atoms with Crippen molar-refractivity contribution in [1.82, 2.24) is 4.98 Å². The predicted octanol–water partition coefficient (Wildman–Crippen LogP) is 3.00. The van der Waals surface area contributed by atoms with Gasteiger partial charge in [-0.25, -0.2) is 4.79 Å². The second-order valence-corrected chi connectivity index (χ2v) is 4.64. The van der Waals surface area contributed by atoms with Crippen molar-refractivity contribution in [3.63, 3.8) is 0 Å². The van der Waals surface area contributed by atoms with Crippen molar-refractivity contribution in [3.8, 4) is 0 Å². The molecule has 0 fully saturated rings. The number of carbonyl (C=O) groups excluding carboxylic acids is 1. The van der Waals surface area contributed by atoms with Crippen LogP contribution in [0.4, 0.5) is 0 Å². The SMILES string of the molecule is Cc1nccc(C(=O)OC(C)(C)C)c1Cl. The van der Waals surface area contributed by atoms with Crippen LogP contribution in [0.15, 0.2) is 12.3 Å². The van der Waals surface area contributed by atoms with E-state index in [2.05, 4.69) is 4.98 Å². The van der Waals surface area contributed by atoms with Crippen LogP contribution in [0.3, 0.4) is 0 Å². The number of hydrogen-bond donors (Lipinski definition) is 0. The Morgan fingerprint density at radius 1 is 1.47 bits per heavy atom. The smallest absolute Gasteiger partial charge is 0.340 e. The van der Waals surface area contributed by atoms with E-state index in [-0.39, 0.29) is 0 Å². The molecule has 1 rings (SSSR count). The normalized spacial score (nSPS) is 11.3. The number of rotatable bonds is 1. The number of hydrogen-bond acceptors (Lipinski definition) is 3. The van der Waals surface area contributed by atoms with Gasteiger partial charge in [-0.1, -0.05) is 11.6 Å². The molecule has 0 aromatic carbocycles. The summed E-state index contributed by atoms with van der Waals surface area (Å²) < 4.78 is 5.21. The van der Waals surface area contributed by atoms with Crippen LogP contribution in [0, 0.1) is 6.92 Å². The molecule has 1 heterocycles. The first-order valence-corrected chi connectivity index (χ1v) is 5.03. The van der Waals surface area contributed by atoms with E-state index in [1.54, 1.807) is 19.2 Å².